The molecule has 0 aliphatic carbocycles. The number of thiol groups is 1. The molecule has 4 nitrogen and oxygen atoms in total. The lowest BCUT2D eigenvalue weighted by Crippen LogP contribution is -2.61. The SMILES string of the molecule is CC(CCS)CCN1CC(=O)N2CCCCC2C1=O. The third kappa shape index (κ3) is 3.44. The maximum Gasteiger partial charge on any atom is 0.245 e. The van der Waals surface area contributed by atoms with Crippen molar-refractivity contribution in [2.75, 3.05) is 25.4 Å². The summed E-state index contributed by atoms with van der Waals surface area (Å²) in [6, 6.07) is -0.171. The summed E-state index contributed by atoms with van der Waals surface area (Å²) in [5, 5.41) is 0. The molecule has 108 valence electrons. The normalized spacial score (nSPS) is 25.5. The molecule has 0 saturated carbocycles. The van der Waals surface area contributed by atoms with Gasteiger partial charge >= 0.3 is 0 Å². The Labute approximate surface area is 120 Å². The molecule has 0 bridgehead atoms. The van der Waals surface area contributed by atoms with E-state index in [2.05, 4.69) is 19.6 Å². The van der Waals surface area contributed by atoms with Crippen LogP contribution in [0.4, 0.5) is 0 Å². The van der Waals surface area contributed by atoms with Crippen LogP contribution in [0.3, 0.4) is 0 Å². The van der Waals surface area contributed by atoms with Crippen LogP contribution in [0.2, 0.25) is 0 Å². The first-order valence-corrected chi connectivity index (χ1v) is 7.96. The van der Waals surface area contributed by atoms with Crippen molar-refractivity contribution < 1.29 is 9.59 Å². The van der Waals surface area contributed by atoms with E-state index < -0.39 is 0 Å². The van der Waals surface area contributed by atoms with Crippen molar-refractivity contribution in [1.29, 1.82) is 0 Å². The van der Waals surface area contributed by atoms with Crippen LogP contribution in [0.1, 0.15) is 39.0 Å². The maximum atomic E-state index is 12.4. The third-order valence-electron chi connectivity index (χ3n) is 4.26. The zero-order valence-electron chi connectivity index (χ0n) is 11.7. The number of piperidine rings is 1. The van der Waals surface area contributed by atoms with Gasteiger partial charge in [0.1, 0.15) is 6.04 Å². The van der Waals surface area contributed by atoms with Crippen LogP contribution >= 0.6 is 12.6 Å². The molecule has 2 rings (SSSR count). The third-order valence-corrected chi connectivity index (χ3v) is 4.52. The van der Waals surface area contributed by atoms with Gasteiger partial charge in [-0.2, -0.15) is 12.6 Å². The van der Waals surface area contributed by atoms with E-state index in [1.807, 2.05) is 0 Å². The van der Waals surface area contributed by atoms with Crippen molar-refractivity contribution in [2.45, 2.75) is 45.1 Å². The molecule has 0 aromatic rings. The number of fused-ring (bicyclic) bond motifs is 1. The van der Waals surface area contributed by atoms with Gasteiger partial charge in [0.2, 0.25) is 11.8 Å². The second kappa shape index (κ2) is 6.64. The van der Waals surface area contributed by atoms with E-state index in [-0.39, 0.29) is 24.4 Å². The smallest absolute Gasteiger partial charge is 0.245 e. The number of hydrogen-bond donors (Lipinski definition) is 1. The molecule has 0 spiro atoms. The number of rotatable bonds is 5. The molecule has 0 aromatic carbocycles. The van der Waals surface area contributed by atoms with Gasteiger partial charge in [0.25, 0.3) is 0 Å². The Kier molecular flexibility index (Phi) is 5.13. The fraction of sp³-hybridized carbons (Fsp3) is 0.857. The fourth-order valence-electron chi connectivity index (χ4n) is 2.96. The highest BCUT2D eigenvalue weighted by Crippen LogP contribution is 2.23. The Morgan fingerprint density at radius 2 is 2.11 bits per heavy atom. The van der Waals surface area contributed by atoms with Crippen molar-refractivity contribution >= 4 is 24.4 Å². The van der Waals surface area contributed by atoms with E-state index in [0.29, 0.717) is 12.5 Å². The van der Waals surface area contributed by atoms with Crippen LogP contribution in [0.25, 0.3) is 0 Å². The van der Waals surface area contributed by atoms with Gasteiger partial charge in [-0.3, -0.25) is 9.59 Å². The van der Waals surface area contributed by atoms with Crippen LogP contribution < -0.4 is 0 Å². The number of amides is 2. The van der Waals surface area contributed by atoms with Crippen molar-refractivity contribution in [3.63, 3.8) is 0 Å². The van der Waals surface area contributed by atoms with Gasteiger partial charge in [0.05, 0.1) is 6.54 Å². The molecule has 5 heteroatoms. The molecule has 2 fully saturated rings. The molecule has 2 aliphatic rings. The Bertz CT molecular complexity index is 348. The quantitative estimate of drug-likeness (QED) is 0.778. The Hall–Kier alpha value is -0.710. The average Bonchev–Trinajstić information content (AvgIpc) is 2.42. The topological polar surface area (TPSA) is 40.6 Å². The highest BCUT2D eigenvalue weighted by molar-refractivity contribution is 7.80. The van der Waals surface area contributed by atoms with Crippen LogP contribution in [0.5, 0.6) is 0 Å². The van der Waals surface area contributed by atoms with Crippen molar-refractivity contribution in [3.05, 3.63) is 0 Å². The minimum atomic E-state index is -0.171. The minimum Gasteiger partial charge on any atom is -0.332 e. The lowest BCUT2D eigenvalue weighted by Gasteiger charge is -2.43. The first-order chi connectivity index (χ1) is 9.13. The highest BCUT2D eigenvalue weighted by atomic mass is 32.1. The second-order valence-electron chi connectivity index (χ2n) is 5.76. The fourth-order valence-corrected chi connectivity index (χ4v) is 3.40. The lowest BCUT2D eigenvalue weighted by molar-refractivity contribution is -0.157. The van der Waals surface area contributed by atoms with Gasteiger partial charge < -0.3 is 9.80 Å². The molecule has 2 heterocycles. The van der Waals surface area contributed by atoms with E-state index in [4.69, 9.17) is 0 Å². The Morgan fingerprint density at radius 1 is 1.32 bits per heavy atom. The standard InChI is InChI=1S/C14H24N2O2S/c1-11(6-9-19)5-8-15-10-13(17)16-7-3-2-4-12(16)14(15)18/h11-12,19H,2-10H2,1H3. The van der Waals surface area contributed by atoms with Crippen LogP contribution in [0.15, 0.2) is 0 Å². The lowest BCUT2D eigenvalue weighted by atomic mass is 9.97. The summed E-state index contributed by atoms with van der Waals surface area (Å²) in [5.41, 5.74) is 0. The summed E-state index contributed by atoms with van der Waals surface area (Å²) >= 11 is 4.23. The van der Waals surface area contributed by atoms with Crippen molar-refractivity contribution in [3.8, 4) is 0 Å². The molecule has 2 aliphatic heterocycles. The zero-order chi connectivity index (χ0) is 13.8. The Morgan fingerprint density at radius 3 is 2.84 bits per heavy atom. The molecule has 2 saturated heterocycles. The van der Waals surface area contributed by atoms with Gasteiger partial charge in [-0.05, 0) is 43.8 Å². The minimum absolute atomic E-state index is 0.131. The number of carbonyl (C=O) groups is 2. The van der Waals surface area contributed by atoms with Crippen molar-refractivity contribution in [2.24, 2.45) is 5.92 Å². The molecular formula is C14H24N2O2S. The summed E-state index contributed by atoms with van der Waals surface area (Å²) in [7, 11) is 0. The second-order valence-corrected chi connectivity index (χ2v) is 6.21. The summed E-state index contributed by atoms with van der Waals surface area (Å²) in [6.07, 6.45) is 4.97. The number of hydrogen-bond acceptors (Lipinski definition) is 3. The molecule has 2 atom stereocenters. The van der Waals surface area contributed by atoms with Crippen LogP contribution in [-0.2, 0) is 9.59 Å². The predicted octanol–water partition coefficient (Wildman–Crippen LogP) is 1.56. The van der Waals surface area contributed by atoms with E-state index in [0.717, 1.165) is 44.4 Å². The van der Waals surface area contributed by atoms with Gasteiger partial charge in [-0.15, -0.1) is 0 Å². The Balaban J connectivity index is 1.91. The number of piperazine rings is 1. The molecule has 2 unspecified atom stereocenters. The largest absolute Gasteiger partial charge is 0.332 e. The summed E-state index contributed by atoms with van der Waals surface area (Å²) in [6.45, 7) is 3.94. The van der Waals surface area contributed by atoms with Gasteiger partial charge in [-0.1, -0.05) is 6.92 Å². The van der Waals surface area contributed by atoms with E-state index in [1.54, 1.807) is 9.80 Å². The van der Waals surface area contributed by atoms with Crippen molar-refractivity contribution in [1.82, 2.24) is 9.80 Å². The average molecular weight is 284 g/mol. The molecule has 19 heavy (non-hydrogen) atoms. The van der Waals surface area contributed by atoms with Crippen LogP contribution in [0, 0.1) is 5.92 Å². The van der Waals surface area contributed by atoms with Gasteiger partial charge in [0, 0.05) is 13.1 Å². The summed E-state index contributed by atoms with van der Waals surface area (Å²) < 4.78 is 0. The van der Waals surface area contributed by atoms with Gasteiger partial charge in [0.15, 0.2) is 0 Å². The highest BCUT2D eigenvalue weighted by Gasteiger charge is 2.39. The molecular weight excluding hydrogens is 260 g/mol. The molecule has 2 amide bonds. The monoisotopic (exact) mass is 284 g/mol. The summed E-state index contributed by atoms with van der Waals surface area (Å²) in [5.74, 6) is 1.73. The molecule has 0 aromatic heterocycles. The van der Waals surface area contributed by atoms with E-state index in [1.165, 1.54) is 0 Å². The van der Waals surface area contributed by atoms with E-state index >= 15 is 0 Å². The predicted molar refractivity (Wildman–Crippen MR) is 78.2 cm³/mol. The molecule has 0 N–H and O–H groups in total. The first kappa shape index (κ1) is 14.7. The van der Waals surface area contributed by atoms with E-state index in [9.17, 15) is 9.59 Å². The number of nitrogens with zero attached hydrogens (tertiary/aromatic N) is 2. The zero-order valence-corrected chi connectivity index (χ0v) is 12.6. The molecule has 0 radical (unpaired) electrons. The number of carbonyl (C=O) groups excluding carboxylic acids is 2. The van der Waals surface area contributed by atoms with Gasteiger partial charge in [-0.25, -0.2) is 0 Å². The summed E-state index contributed by atoms with van der Waals surface area (Å²) in [4.78, 5) is 28.0. The first-order valence-electron chi connectivity index (χ1n) is 7.32. The van der Waals surface area contributed by atoms with Crippen LogP contribution in [-0.4, -0.2) is 53.0 Å². The maximum absolute atomic E-state index is 12.4.